The maximum Gasteiger partial charge on any atom is 0.303 e. The van der Waals surface area contributed by atoms with Gasteiger partial charge in [0.05, 0.1) is 6.54 Å². The van der Waals surface area contributed by atoms with Gasteiger partial charge in [-0.2, -0.15) is 0 Å². The highest BCUT2D eigenvalue weighted by Crippen LogP contribution is 2.08. The molecule has 0 aliphatic carbocycles. The van der Waals surface area contributed by atoms with Gasteiger partial charge in [-0.05, 0) is 31.0 Å². The summed E-state index contributed by atoms with van der Waals surface area (Å²) in [6.45, 7) is -0.214. The van der Waals surface area contributed by atoms with E-state index in [4.69, 9.17) is 5.11 Å². The number of carboxylic acid groups (broad SMARTS) is 1. The number of halogens is 1. The van der Waals surface area contributed by atoms with Gasteiger partial charge in [0.15, 0.2) is 0 Å². The molecule has 7 heteroatoms. The number of unbranched alkanes of at least 4 members (excludes halogenated alkanes) is 1. The Morgan fingerprint density at radius 3 is 2.48 bits per heavy atom. The van der Waals surface area contributed by atoms with E-state index < -0.39 is 17.7 Å². The summed E-state index contributed by atoms with van der Waals surface area (Å²) < 4.78 is 12.9. The minimum Gasteiger partial charge on any atom is -0.481 e. The molecule has 0 saturated heterocycles. The lowest BCUT2D eigenvalue weighted by atomic mass is 10.2. The Labute approximate surface area is 121 Å². The molecule has 1 aromatic carbocycles. The third kappa shape index (κ3) is 7.66. The Bertz CT molecular complexity index is 519. The highest BCUT2D eigenvalue weighted by Gasteiger charge is 2.07. The normalized spacial score (nSPS) is 9.95. The van der Waals surface area contributed by atoms with Crippen LogP contribution in [0.25, 0.3) is 0 Å². The first-order chi connectivity index (χ1) is 9.97. The van der Waals surface area contributed by atoms with Crippen LogP contribution in [-0.4, -0.2) is 29.4 Å². The Balaban J connectivity index is 2.20. The molecule has 0 aliphatic rings. The standard InChI is InChI=1S/C14H17FN2O4/c15-10-4-3-5-11(8-10)17-13(19)9-16-12(18)6-1-2-7-14(20)21/h3-5,8H,1-2,6-7,9H2,(H,16,18)(H,17,19)(H,20,21). The van der Waals surface area contributed by atoms with E-state index in [0.717, 1.165) is 0 Å². The van der Waals surface area contributed by atoms with E-state index in [0.29, 0.717) is 18.5 Å². The summed E-state index contributed by atoms with van der Waals surface area (Å²) in [6.07, 6.45) is 1.05. The van der Waals surface area contributed by atoms with E-state index in [2.05, 4.69) is 10.6 Å². The molecule has 1 rings (SSSR count). The van der Waals surface area contributed by atoms with Crippen molar-refractivity contribution in [2.45, 2.75) is 25.7 Å². The molecule has 2 amide bonds. The van der Waals surface area contributed by atoms with Crippen LogP contribution in [0.2, 0.25) is 0 Å². The number of amides is 2. The first kappa shape index (κ1) is 16.6. The molecule has 0 aromatic heterocycles. The molecule has 6 nitrogen and oxygen atoms in total. The van der Waals surface area contributed by atoms with Crippen molar-refractivity contribution in [1.82, 2.24) is 5.32 Å². The van der Waals surface area contributed by atoms with Crippen molar-refractivity contribution in [2.24, 2.45) is 0 Å². The van der Waals surface area contributed by atoms with Crippen molar-refractivity contribution in [3.63, 3.8) is 0 Å². The van der Waals surface area contributed by atoms with Crippen LogP contribution in [-0.2, 0) is 14.4 Å². The number of hydrogen-bond donors (Lipinski definition) is 3. The average molecular weight is 296 g/mol. The molecule has 0 unspecified atom stereocenters. The summed E-state index contributed by atoms with van der Waals surface area (Å²) in [5.41, 5.74) is 0.315. The second kappa shape index (κ2) is 8.68. The van der Waals surface area contributed by atoms with Gasteiger partial charge < -0.3 is 15.7 Å². The summed E-state index contributed by atoms with van der Waals surface area (Å²) in [4.78, 5) is 33.2. The summed E-state index contributed by atoms with van der Waals surface area (Å²) >= 11 is 0. The van der Waals surface area contributed by atoms with E-state index in [1.54, 1.807) is 0 Å². The van der Waals surface area contributed by atoms with Gasteiger partial charge in [-0.15, -0.1) is 0 Å². The minimum atomic E-state index is -0.898. The van der Waals surface area contributed by atoms with Crippen LogP contribution in [0.15, 0.2) is 24.3 Å². The number of aliphatic carboxylic acids is 1. The highest BCUT2D eigenvalue weighted by atomic mass is 19.1. The Kier molecular flexibility index (Phi) is 6.86. The number of carbonyl (C=O) groups is 3. The van der Waals surface area contributed by atoms with Gasteiger partial charge in [-0.1, -0.05) is 6.07 Å². The average Bonchev–Trinajstić information content (AvgIpc) is 2.41. The van der Waals surface area contributed by atoms with Gasteiger partial charge in [-0.3, -0.25) is 14.4 Å². The molecule has 1 aromatic rings. The fourth-order valence-electron chi connectivity index (χ4n) is 1.60. The molecule has 0 heterocycles. The Morgan fingerprint density at radius 1 is 1.10 bits per heavy atom. The summed E-state index contributed by atoms with van der Waals surface area (Å²) in [5.74, 6) is -2.14. The predicted octanol–water partition coefficient (Wildman–Crippen LogP) is 1.53. The quantitative estimate of drug-likeness (QED) is 0.634. The van der Waals surface area contributed by atoms with Crippen LogP contribution in [0.1, 0.15) is 25.7 Å². The molecule has 21 heavy (non-hydrogen) atoms. The lowest BCUT2D eigenvalue weighted by molar-refractivity contribution is -0.137. The SMILES string of the molecule is O=C(O)CCCCC(=O)NCC(=O)Nc1cccc(F)c1. The van der Waals surface area contributed by atoms with E-state index in [1.165, 1.54) is 24.3 Å². The maximum absolute atomic E-state index is 12.9. The zero-order valence-electron chi connectivity index (χ0n) is 11.4. The van der Waals surface area contributed by atoms with Crippen molar-refractivity contribution in [1.29, 1.82) is 0 Å². The molecule has 0 bridgehead atoms. The molecule has 0 radical (unpaired) electrons. The molecular formula is C14H17FN2O4. The number of carboxylic acids is 1. The highest BCUT2D eigenvalue weighted by molar-refractivity contribution is 5.94. The summed E-state index contributed by atoms with van der Waals surface area (Å²) in [6, 6.07) is 5.43. The van der Waals surface area contributed by atoms with Gasteiger partial charge >= 0.3 is 5.97 Å². The van der Waals surface area contributed by atoms with E-state index in [1.807, 2.05) is 0 Å². The number of benzene rings is 1. The number of anilines is 1. The van der Waals surface area contributed by atoms with Crippen molar-refractivity contribution in [3.05, 3.63) is 30.1 Å². The predicted molar refractivity (Wildman–Crippen MR) is 74.1 cm³/mol. The van der Waals surface area contributed by atoms with Crippen LogP contribution < -0.4 is 10.6 Å². The van der Waals surface area contributed by atoms with E-state index >= 15 is 0 Å². The zero-order chi connectivity index (χ0) is 15.7. The molecule has 0 aliphatic heterocycles. The first-order valence-corrected chi connectivity index (χ1v) is 6.51. The minimum absolute atomic E-state index is 0.0212. The van der Waals surface area contributed by atoms with Crippen LogP contribution >= 0.6 is 0 Å². The second-order valence-corrected chi connectivity index (χ2v) is 4.44. The number of rotatable bonds is 8. The van der Waals surface area contributed by atoms with Crippen LogP contribution in [0.4, 0.5) is 10.1 Å². The molecule has 0 atom stereocenters. The molecule has 3 N–H and O–H groups in total. The summed E-state index contributed by atoms with van der Waals surface area (Å²) in [7, 11) is 0. The lowest BCUT2D eigenvalue weighted by Gasteiger charge is -2.07. The van der Waals surface area contributed by atoms with Gasteiger partial charge in [-0.25, -0.2) is 4.39 Å². The number of nitrogens with one attached hydrogen (secondary N) is 2. The largest absolute Gasteiger partial charge is 0.481 e. The fraction of sp³-hybridized carbons (Fsp3) is 0.357. The van der Waals surface area contributed by atoms with E-state index in [9.17, 15) is 18.8 Å². The van der Waals surface area contributed by atoms with Gasteiger partial charge in [0.1, 0.15) is 5.82 Å². The smallest absolute Gasteiger partial charge is 0.303 e. The van der Waals surface area contributed by atoms with Crippen LogP contribution in [0.3, 0.4) is 0 Å². The van der Waals surface area contributed by atoms with Gasteiger partial charge in [0.25, 0.3) is 0 Å². The van der Waals surface area contributed by atoms with E-state index in [-0.39, 0.29) is 25.3 Å². The molecule has 114 valence electrons. The van der Waals surface area contributed by atoms with Gasteiger partial charge in [0, 0.05) is 18.5 Å². The first-order valence-electron chi connectivity index (χ1n) is 6.51. The Hall–Kier alpha value is -2.44. The van der Waals surface area contributed by atoms with Crippen molar-refractivity contribution < 1.29 is 23.9 Å². The molecule has 0 fully saturated rings. The zero-order valence-corrected chi connectivity index (χ0v) is 11.4. The second-order valence-electron chi connectivity index (χ2n) is 4.44. The monoisotopic (exact) mass is 296 g/mol. The molecule has 0 saturated carbocycles. The third-order valence-electron chi connectivity index (χ3n) is 2.60. The summed E-state index contributed by atoms with van der Waals surface area (Å²) in [5, 5.41) is 13.3. The molecule has 0 spiro atoms. The number of carbonyl (C=O) groups excluding carboxylic acids is 2. The fourth-order valence-corrected chi connectivity index (χ4v) is 1.60. The van der Waals surface area contributed by atoms with Crippen molar-refractivity contribution in [3.8, 4) is 0 Å². The number of hydrogen-bond acceptors (Lipinski definition) is 3. The lowest BCUT2D eigenvalue weighted by Crippen LogP contribution is -2.32. The Morgan fingerprint density at radius 2 is 1.81 bits per heavy atom. The van der Waals surface area contributed by atoms with Crippen LogP contribution in [0.5, 0.6) is 0 Å². The van der Waals surface area contributed by atoms with Crippen molar-refractivity contribution in [2.75, 3.05) is 11.9 Å². The van der Waals surface area contributed by atoms with Crippen LogP contribution in [0, 0.1) is 5.82 Å². The maximum atomic E-state index is 12.9. The van der Waals surface area contributed by atoms with Crippen molar-refractivity contribution >= 4 is 23.5 Å². The molecular weight excluding hydrogens is 279 g/mol. The van der Waals surface area contributed by atoms with Gasteiger partial charge in [0.2, 0.25) is 11.8 Å². The topological polar surface area (TPSA) is 95.5 Å². The third-order valence-corrected chi connectivity index (χ3v) is 2.60.